The van der Waals surface area contributed by atoms with Crippen molar-refractivity contribution in [1.82, 2.24) is 10.2 Å². The number of halogens is 2. The fraction of sp³-hybridized carbons (Fsp3) is 0.909. The van der Waals surface area contributed by atoms with Crippen LogP contribution in [0.3, 0.4) is 0 Å². The van der Waals surface area contributed by atoms with Crippen molar-refractivity contribution < 1.29 is 18.7 Å². The van der Waals surface area contributed by atoms with Gasteiger partial charge in [-0.05, 0) is 20.3 Å². The highest BCUT2D eigenvalue weighted by Gasteiger charge is 2.20. The van der Waals surface area contributed by atoms with E-state index in [1.54, 1.807) is 0 Å². The van der Waals surface area contributed by atoms with Crippen molar-refractivity contribution in [2.75, 3.05) is 26.2 Å². The third-order valence-corrected chi connectivity index (χ3v) is 2.54. The van der Waals surface area contributed by atoms with Crippen LogP contribution in [0.1, 0.15) is 27.2 Å². The van der Waals surface area contributed by atoms with Crippen LogP contribution in [0.15, 0.2) is 0 Å². The van der Waals surface area contributed by atoms with Crippen molar-refractivity contribution in [3.8, 4) is 0 Å². The number of nitrogens with one attached hydrogen (secondary N) is 1. The first-order chi connectivity index (χ1) is 7.80. The van der Waals surface area contributed by atoms with Gasteiger partial charge in [-0.3, -0.25) is 9.69 Å². The molecule has 0 radical (unpaired) electrons. The molecule has 0 spiro atoms. The average molecular weight is 252 g/mol. The predicted octanol–water partition coefficient (Wildman–Crippen LogP) is 0.851. The molecule has 0 fully saturated rings. The number of carbonyl (C=O) groups excluding carboxylic acids is 1. The molecule has 0 bridgehead atoms. The minimum Gasteiger partial charge on any atom is -0.395 e. The Morgan fingerprint density at radius 3 is 2.47 bits per heavy atom. The van der Waals surface area contributed by atoms with Crippen molar-refractivity contribution in [2.45, 2.75) is 39.2 Å². The van der Waals surface area contributed by atoms with E-state index in [2.05, 4.69) is 5.32 Å². The van der Waals surface area contributed by atoms with E-state index in [1.807, 2.05) is 20.8 Å². The molecule has 0 aromatic heterocycles. The molecule has 0 unspecified atom stereocenters. The van der Waals surface area contributed by atoms with Gasteiger partial charge in [-0.15, -0.1) is 0 Å². The maximum absolute atomic E-state index is 12.2. The first-order valence-corrected chi connectivity index (χ1v) is 5.73. The molecule has 2 N–H and O–H groups in total. The molecule has 0 rings (SSSR count). The summed E-state index contributed by atoms with van der Waals surface area (Å²) in [5, 5.41) is 11.5. The van der Waals surface area contributed by atoms with E-state index < -0.39 is 13.0 Å². The number of alkyl halides is 2. The molecule has 0 aliphatic rings. The van der Waals surface area contributed by atoms with Gasteiger partial charge in [0.15, 0.2) is 0 Å². The summed E-state index contributed by atoms with van der Waals surface area (Å²) in [5.41, 5.74) is -0.340. The number of nitrogens with zero attached hydrogens (tertiary/aromatic N) is 1. The SMILES string of the molecule is CCC(C)(C)NC(=O)CN(CCO)CC(F)F. The number of rotatable bonds is 8. The lowest BCUT2D eigenvalue weighted by atomic mass is 10.0. The van der Waals surface area contributed by atoms with Crippen LogP contribution in [0.2, 0.25) is 0 Å². The highest BCUT2D eigenvalue weighted by molar-refractivity contribution is 5.78. The average Bonchev–Trinajstić information content (AvgIpc) is 2.16. The van der Waals surface area contributed by atoms with Crippen LogP contribution >= 0.6 is 0 Å². The Kier molecular flexibility index (Phi) is 7.22. The first-order valence-electron chi connectivity index (χ1n) is 5.73. The van der Waals surface area contributed by atoms with Crippen LogP contribution < -0.4 is 5.32 Å². The van der Waals surface area contributed by atoms with Crippen molar-refractivity contribution in [3.63, 3.8) is 0 Å². The third-order valence-electron chi connectivity index (χ3n) is 2.54. The Labute approximate surface area is 101 Å². The lowest BCUT2D eigenvalue weighted by molar-refractivity contribution is -0.124. The maximum atomic E-state index is 12.2. The summed E-state index contributed by atoms with van der Waals surface area (Å²) in [7, 11) is 0. The molecule has 0 heterocycles. The Hall–Kier alpha value is -0.750. The zero-order valence-corrected chi connectivity index (χ0v) is 10.7. The monoisotopic (exact) mass is 252 g/mol. The second kappa shape index (κ2) is 7.55. The van der Waals surface area contributed by atoms with Crippen LogP contribution in [0.25, 0.3) is 0 Å². The number of amides is 1. The largest absolute Gasteiger partial charge is 0.395 e. The van der Waals surface area contributed by atoms with Crippen LogP contribution in [0.5, 0.6) is 0 Å². The minimum atomic E-state index is -2.51. The highest BCUT2D eigenvalue weighted by Crippen LogP contribution is 2.06. The second-order valence-corrected chi connectivity index (χ2v) is 4.64. The number of carbonyl (C=O) groups is 1. The van der Waals surface area contributed by atoms with Crippen LogP contribution in [0, 0.1) is 0 Å². The van der Waals surface area contributed by atoms with Gasteiger partial charge in [0.25, 0.3) is 6.43 Å². The third kappa shape index (κ3) is 8.04. The first kappa shape index (κ1) is 16.2. The maximum Gasteiger partial charge on any atom is 0.251 e. The fourth-order valence-electron chi connectivity index (χ4n) is 1.28. The Balaban J connectivity index is 4.20. The number of hydrogen-bond acceptors (Lipinski definition) is 3. The summed E-state index contributed by atoms with van der Waals surface area (Å²) < 4.78 is 24.4. The molecule has 1 amide bonds. The van der Waals surface area contributed by atoms with Gasteiger partial charge in [0, 0.05) is 12.1 Å². The Bertz CT molecular complexity index is 236. The summed E-state index contributed by atoms with van der Waals surface area (Å²) in [6.07, 6.45) is -1.75. The predicted molar refractivity (Wildman–Crippen MR) is 62.0 cm³/mol. The Morgan fingerprint density at radius 1 is 1.47 bits per heavy atom. The minimum absolute atomic E-state index is 0.0737. The van der Waals surface area contributed by atoms with Crippen molar-refractivity contribution >= 4 is 5.91 Å². The molecule has 4 nitrogen and oxygen atoms in total. The van der Waals surface area contributed by atoms with Gasteiger partial charge < -0.3 is 10.4 Å². The van der Waals surface area contributed by atoms with E-state index in [0.29, 0.717) is 0 Å². The van der Waals surface area contributed by atoms with Crippen LogP contribution in [0.4, 0.5) is 8.78 Å². The smallest absolute Gasteiger partial charge is 0.251 e. The number of aliphatic hydroxyl groups excluding tert-OH is 1. The molecule has 6 heteroatoms. The van der Waals surface area contributed by atoms with E-state index in [-0.39, 0.29) is 31.1 Å². The normalized spacial score (nSPS) is 12.2. The zero-order valence-electron chi connectivity index (χ0n) is 10.7. The number of aliphatic hydroxyl groups is 1. The molecule has 102 valence electrons. The van der Waals surface area contributed by atoms with Crippen molar-refractivity contribution in [3.05, 3.63) is 0 Å². The van der Waals surface area contributed by atoms with E-state index >= 15 is 0 Å². The molecule has 0 saturated carbocycles. The van der Waals surface area contributed by atoms with E-state index in [1.165, 1.54) is 4.90 Å². The quantitative estimate of drug-likeness (QED) is 0.673. The molecular formula is C11H22F2N2O2. The Morgan fingerprint density at radius 2 is 2.06 bits per heavy atom. The summed E-state index contributed by atoms with van der Waals surface area (Å²) >= 11 is 0. The van der Waals surface area contributed by atoms with Gasteiger partial charge in [0.1, 0.15) is 0 Å². The molecule has 0 saturated heterocycles. The number of hydrogen-bond donors (Lipinski definition) is 2. The molecule has 17 heavy (non-hydrogen) atoms. The van der Waals surface area contributed by atoms with E-state index in [4.69, 9.17) is 5.11 Å². The molecule has 0 aromatic rings. The lowest BCUT2D eigenvalue weighted by Gasteiger charge is -2.27. The fourth-order valence-corrected chi connectivity index (χ4v) is 1.28. The van der Waals surface area contributed by atoms with Gasteiger partial charge in [-0.2, -0.15) is 0 Å². The standard InChI is InChI=1S/C11H22F2N2O2/c1-4-11(2,3)14-10(17)8-15(5-6-16)7-9(12)13/h9,16H,4-8H2,1-3H3,(H,14,17). The molecule has 0 aliphatic heterocycles. The summed E-state index contributed by atoms with van der Waals surface area (Å²) in [6, 6.07) is 0. The van der Waals surface area contributed by atoms with Gasteiger partial charge in [-0.25, -0.2) is 8.78 Å². The summed E-state index contributed by atoms with van der Waals surface area (Å²) in [5.74, 6) is -0.300. The van der Waals surface area contributed by atoms with Crippen LogP contribution in [-0.4, -0.2) is 54.1 Å². The summed E-state index contributed by atoms with van der Waals surface area (Å²) in [6.45, 7) is 4.89. The van der Waals surface area contributed by atoms with Gasteiger partial charge in [0.05, 0.1) is 19.7 Å². The topological polar surface area (TPSA) is 52.6 Å². The molecule has 0 atom stereocenters. The van der Waals surface area contributed by atoms with Crippen LogP contribution in [-0.2, 0) is 4.79 Å². The van der Waals surface area contributed by atoms with Crippen molar-refractivity contribution in [1.29, 1.82) is 0 Å². The summed E-state index contributed by atoms with van der Waals surface area (Å²) in [4.78, 5) is 12.8. The zero-order chi connectivity index (χ0) is 13.5. The van der Waals surface area contributed by atoms with Gasteiger partial charge in [0.2, 0.25) is 5.91 Å². The molecular weight excluding hydrogens is 230 g/mol. The van der Waals surface area contributed by atoms with Gasteiger partial charge in [-0.1, -0.05) is 6.92 Å². The highest BCUT2D eigenvalue weighted by atomic mass is 19.3. The van der Waals surface area contributed by atoms with E-state index in [0.717, 1.165) is 6.42 Å². The molecule has 0 aliphatic carbocycles. The van der Waals surface area contributed by atoms with Gasteiger partial charge >= 0.3 is 0 Å². The second-order valence-electron chi connectivity index (χ2n) is 4.64. The molecule has 0 aromatic carbocycles. The van der Waals surface area contributed by atoms with E-state index in [9.17, 15) is 13.6 Å². The lowest BCUT2D eigenvalue weighted by Crippen LogP contribution is -2.48. The van der Waals surface area contributed by atoms with Crippen molar-refractivity contribution in [2.24, 2.45) is 0 Å².